The number of hydrogen-bond acceptors (Lipinski definition) is 6. The Morgan fingerprint density at radius 1 is 1.03 bits per heavy atom. The van der Waals surface area contributed by atoms with Crippen LogP contribution in [0.15, 0.2) is 30.3 Å². The number of carbonyl (C=O) groups is 1. The van der Waals surface area contributed by atoms with Gasteiger partial charge in [0.2, 0.25) is 5.95 Å². The van der Waals surface area contributed by atoms with Crippen LogP contribution in [0.3, 0.4) is 0 Å². The zero-order chi connectivity index (χ0) is 21.1. The van der Waals surface area contributed by atoms with E-state index in [0.717, 1.165) is 11.3 Å². The maximum Gasteiger partial charge on any atom is 0.252 e. The summed E-state index contributed by atoms with van der Waals surface area (Å²) in [7, 11) is 1.54. The van der Waals surface area contributed by atoms with E-state index in [1.165, 1.54) is 0 Å². The third-order valence-electron chi connectivity index (χ3n) is 4.25. The van der Waals surface area contributed by atoms with Gasteiger partial charge in [0.05, 0.1) is 33.2 Å². The van der Waals surface area contributed by atoms with Gasteiger partial charge in [-0.15, -0.1) is 0 Å². The van der Waals surface area contributed by atoms with Gasteiger partial charge >= 0.3 is 0 Å². The van der Waals surface area contributed by atoms with Gasteiger partial charge in [0.15, 0.2) is 0 Å². The third-order valence-corrected chi connectivity index (χ3v) is 4.56. The van der Waals surface area contributed by atoms with E-state index in [1.807, 2.05) is 13.0 Å². The summed E-state index contributed by atoms with van der Waals surface area (Å²) < 4.78 is 0. The molecule has 0 aliphatic rings. The number of rotatable bonds is 2. The van der Waals surface area contributed by atoms with Gasteiger partial charge in [0.1, 0.15) is 5.82 Å². The lowest BCUT2D eigenvalue weighted by Gasteiger charge is -2.10. The molecule has 8 heteroatoms. The fourth-order valence-corrected chi connectivity index (χ4v) is 3.04. The van der Waals surface area contributed by atoms with Crippen LogP contribution in [0.1, 0.15) is 32.9 Å². The molecule has 3 aromatic rings. The Morgan fingerprint density at radius 2 is 1.79 bits per heavy atom. The van der Waals surface area contributed by atoms with Crippen molar-refractivity contribution in [1.82, 2.24) is 20.3 Å². The van der Waals surface area contributed by atoms with Crippen LogP contribution in [0, 0.1) is 25.7 Å². The second-order valence-corrected chi connectivity index (χ2v) is 6.69. The molecule has 1 aromatic carbocycles. The summed E-state index contributed by atoms with van der Waals surface area (Å²) >= 11 is 6.30. The van der Waals surface area contributed by atoms with Gasteiger partial charge < -0.3 is 16.8 Å². The second-order valence-electron chi connectivity index (χ2n) is 6.28. The molecule has 0 unspecified atom stereocenters. The third kappa shape index (κ3) is 4.28. The first-order valence-corrected chi connectivity index (χ1v) is 9.09. The van der Waals surface area contributed by atoms with Gasteiger partial charge in [0.25, 0.3) is 5.91 Å². The van der Waals surface area contributed by atoms with Crippen LogP contribution in [-0.2, 0) is 0 Å². The summed E-state index contributed by atoms with van der Waals surface area (Å²) in [6.45, 7) is 3.64. The first-order valence-electron chi connectivity index (χ1n) is 8.71. The van der Waals surface area contributed by atoms with E-state index in [4.69, 9.17) is 23.1 Å². The standard InChI is InChI=1S/C21H19ClN6O/c1-11-13(6-9-18(23)26-11)4-7-15-12(2)27-21(24)28-19(15)14-5-8-16(17(22)10-14)20(29)25-3/h5-6,8-10H,1-3H3,(H2,23,26)(H,25,29)(H2,24,27,28). The van der Waals surface area contributed by atoms with E-state index >= 15 is 0 Å². The lowest BCUT2D eigenvalue weighted by atomic mass is 10.0. The molecule has 0 aliphatic carbocycles. The molecule has 7 nitrogen and oxygen atoms in total. The summed E-state index contributed by atoms with van der Waals surface area (Å²) in [5.74, 6) is 6.50. The predicted octanol–water partition coefficient (Wildman–Crippen LogP) is 2.73. The summed E-state index contributed by atoms with van der Waals surface area (Å²) in [5.41, 5.74) is 15.9. The van der Waals surface area contributed by atoms with Crippen LogP contribution in [0.2, 0.25) is 5.02 Å². The zero-order valence-electron chi connectivity index (χ0n) is 16.2. The molecular weight excluding hydrogens is 388 g/mol. The number of carbonyl (C=O) groups excluding carboxylic acids is 1. The highest BCUT2D eigenvalue weighted by molar-refractivity contribution is 6.34. The molecule has 0 bridgehead atoms. The maximum absolute atomic E-state index is 11.9. The van der Waals surface area contributed by atoms with Crippen molar-refractivity contribution in [1.29, 1.82) is 0 Å². The average molecular weight is 407 g/mol. The monoisotopic (exact) mass is 406 g/mol. The Morgan fingerprint density at radius 3 is 2.45 bits per heavy atom. The normalized spacial score (nSPS) is 10.2. The first-order chi connectivity index (χ1) is 13.8. The Hall–Kier alpha value is -3.63. The van der Waals surface area contributed by atoms with Crippen molar-refractivity contribution < 1.29 is 4.79 Å². The van der Waals surface area contributed by atoms with Crippen molar-refractivity contribution in [2.24, 2.45) is 0 Å². The summed E-state index contributed by atoms with van der Waals surface area (Å²) in [4.78, 5) is 24.7. The van der Waals surface area contributed by atoms with E-state index in [2.05, 4.69) is 32.1 Å². The Balaban J connectivity index is 2.13. The van der Waals surface area contributed by atoms with Gasteiger partial charge in [0, 0.05) is 18.2 Å². The zero-order valence-corrected chi connectivity index (χ0v) is 16.9. The van der Waals surface area contributed by atoms with Gasteiger partial charge in [-0.3, -0.25) is 4.79 Å². The first kappa shape index (κ1) is 20.1. The Labute approximate surface area is 173 Å². The van der Waals surface area contributed by atoms with E-state index < -0.39 is 0 Å². The molecule has 0 fully saturated rings. The van der Waals surface area contributed by atoms with Gasteiger partial charge in [-0.25, -0.2) is 15.0 Å². The predicted molar refractivity (Wildman–Crippen MR) is 114 cm³/mol. The van der Waals surface area contributed by atoms with E-state index in [9.17, 15) is 4.79 Å². The molecule has 0 aliphatic heterocycles. The fourth-order valence-electron chi connectivity index (χ4n) is 2.78. The number of amides is 1. The number of aryl methyl sites for hydroxylation is 2. The van der Waals surface area contributed by atoms with Crippen molar-refractivity contribution in [2.75, 3.05) is 18.5 Å². The van der Waals surface area contributed by atoms with Crippen LogP contribution < -0.4 is 16.8 Å². The molecule has 0 radical (unpaired) electrons. The highest BCUT2D eigenvalue weighted by atomic mass is 35.5. The number of hydrogen-bond donors (Lipinski definition) is 3. The van der Waals surface area contributed by atoms with Crippen molar-refractivity contribution in [2.45, 2.75) is 13.8 Å². The van der Waals surface area contributed by atoms with Crippen molar-refractivity contribution in [3.05, 3.63) is 63.4 Å². The summed E-state index contributed by atoms with van der Waals surface area (Å²) in [6, 6.07) is 8.55. The molecule has 146 valence electrons. The summed E-state index contributed by atoms with van der Waals surface area (Å²) in [5, 5.41) is 2.85. The highest BCUT2D eigenvalue weighted by Crippen LogP contribution is 2.28. The molecule has 1 amide bonds. The number of halogens is 1. The minimum atomic E-state index is -0.272. The molecule has 0 spiro atoms. The minimum Gasteiger partial charge on any atom is -0.384 e. The quantitative estimate of drug-likeness (QED) is 0.563. The van der Waals surface area contributed by atoms with E-state index in [1.54, 1.807) is 38.2 Å². The number of aromatic nitrogens is 3. The van der Waals surface area contributed by atoms with Crippen LogP contribution in [0.25, 0.3) is 11.3 Å². The number of nitrogens with two attached hydrogens (primary N) is 2. The Kier molecular flexibility index (Phi) is 5.66. The topological polar surface area (TPSA) is 120 Å². The van der Waals surface area contributed by atoms with Crippen molar-refractivity contribution >= 4 is 29.3 Å². The molecule has 0 atom stereocenters. The van der Waals surface area contributed by atoms with Crippen LogP contribution in [-0.4, -0.2) is 27.9 Å². The number of nitrogens with zero attached hydrogens (tertiary/aromatic N) is 3. The van der Waals surface area contributed by atoms with Gasteiger partial charge in [-0.2, -0.15) is 0 Å². The van der Waals surface area contributed by atoms with E-state index in [-0.39, 0.29) is 11.9 Å². The van der Waals surface area contributed by atoms with Gasteiger partial charge in [-0.1, -0.05) is 29.5 Å². The smallest absolute Gasteiger partial charge is 0.252 e. The summed E-state index contributed by atoms with van der Waals surface area (Å²) in [6.07, 6.45) is 0. The van der Waals surface area contributed by atoms with Crippen molar-refractivity contribution in [3.8, 4) is 23.1 Å². The van der Waals surface area contributed by atoms with Gasteiger partial charge in [-0.05, 0) is 38.1 Å². The molecule has 2 aromatic heterocycles. The number of anilines is 2. The lowest BCUT2D eigenvalue weighted by molar-refractivity contribution is 0.0963. The van der Waals surface area contributed by atoms with E-state index in [0.29, 0.717) is 38.9 Å². The van der Waals surface area contributed by atoms with Crippen molar-refractivity contribution in [3.63, 3.8) is 0 Å². The molecule has 3 rings (SSSR count). The number of nitrogen functional groups attached to an aromatic ring is 2. The minimum absolute atomic E-state index is 0.125. The Bertz CT molecular complexity index is 1180. The van der Waals surface area contributed by atoms with Crippen LogP contribution in [0.5, 0.6) is 0 Å². The molecule has 29 heavy (non-hydrogen) atoms. The highest BCUT2D eigenvalue weighted by Gasteiger charge is 2.15. The lowest BCUT2D eigenvalue weighted by Crippen LogP contribution is -2.18. The number of nitrogens with one attached hydrogen (secondary N) is 1. The molecule has 2 heterocycles. The second kappa shape index (κ2) is 8.17. The SMILES string of the molecule is CNC(=O)c1ccc(-c2nc(N)nc(C)c2C#Cc2ccc(N)nc2C)cc1Cl. The molecule has 0 saturated carbocycles. The molecular formula is C21H19ClN6O. The molecule has 0 saturated heterocycles. The number of benzene rings is 1. The van der Waals surface area contributed by atoms with Crippen LogP contribution >= 0.6 is 11.6 Å². The molecule has 5 N–H and O–H groups in total. The maximum atomic E-state index is 11.9. The fraction of sp³-hybridized carbons (Fsp3) is 0.143. The largest absolute Gasteiger partial charge is 0.384 e. The van der Waals surface area contributed by atoms with Crippen LogP contribution in [0.4, 0.5) is 11.8 Å². The average Bonchev–Trinajstić information content (AvgIpc) is 2.67. The number of pyridine rings is 1.